The van der Waals surface area contributed by atoms with Crippen LogP contribution in [0, 0.1) is 11.8 Å². The van der Waals surface area contributed by atoms with Gasteiger partial charge in [-0.15, -0.1) is 0 Å². The van der Waals surface area contributed by atoms with Crippen molar-refractivity contribution in [3.63, 3.8) is 0 Å². The summed E-state index contributed by atoms with van der Waals surface area (Å²) in [4.78, 5) is 49.3. The number of aliphatic carboxylic acids is 1. The molecule has 1 aromatic carbocycles. The first-order valence-electron chi connectivity index (χ1n) is 12.7. The molecular weight excluding hydrogens is 514 g/mol. The van der Waals surface area contributed by atoms with Gasteiger partial charge in [-0.2, -0.15) is 0 Å². The number of benzene rings is 1. The number of ether oxygens (including phenoxy) is 6. The first-order chi connectivity index (χ1) is 17.9. The maximum atomic E-state index is 12.5. The molecular formula is C27H41NO11. The molecule has 220 valence electrons. The lowest BCUT2D eigenvalue weighted by molar-refractivity contribution is -0.169. The summed E-state index contributed by atoms with van der Waals surface area (Å²) < 4.78 is 31.0. The highest BCUT2D eigenvalue weighted by atomic mass is 16.8. The number of rotatable bonds is 12. The van der Waals surface area contributed by atoms with Gasteiger partial charge in [-0.1, -0.05) is 33.8 Å². The Bertz CT molecular complexity index is 998. The highest BCUT2D eigenvalue weighted by molar-refractivity contribution is 5.80. The molecule has 0 bridgehead atoms. The van der Waals surface area contributed by atoms with Gasteiger partial charge in [0.2, 0.25) is 0 Å². The predicted octanol–water partition coefficient (Wildman–Crippen LogP) is 5.30. The van der Waals surface area contributed by atoms with Crippen molar-refractivity contribution >= 4 is 24.4 Å². The highest BCUT2D eigenvalue weighted by Crippen LogP contribution is 2.31. The zero-order valence-corrected chi connectivity index (χ0v) is 24.1. The van der Waals surface area contributed by atoms with Crippen LogP contribution in [0.4, 0.5) is 14.4 Å². The molecule has 2 N–H and O–H groups in total. The summed E-state index contributed by atoms with van der Waals surface area (Å²) >= 11 is 0. The van der Waals surface area contributed by atoms with Crippen molar-refractivity contribution in [2.45, 2.75) is 86.1 Å². The normalized spacial score (nSPS) is 13.0. The zero-order valence-electron chi connectivity index (χ0n) is 24.1. The molecule has 39 heavy (non-hydrogen) atoms. The fourth-order valence-corrected chi connectivity index (χ4v) is 3.00. The molecule has 0 heterocycles. The molecule has 1 atom stereocenters. The van der Waals surface area contributed by atoms with Crippen LogP contribution in [-0.4, -0.2) is 60.1 Å². The summed E-state index contributed by atoms with van der Waals surface area (Å²) in [5.41, 5.74) is -2.92. The third kappa shape index (κ3) is 12.7. The van der Waals surface area contributed by atoms with Crippen LogP contribution in [0.2, 0.25) is 0 Å². The Hall–Kier alpha value is -3.54. The summed E-state index contributed by atoms with van der Waals surface area (Å²) in [5, 5.41) is 12.9. The number of carbonyl (C=O) groups is 4. The average molecular weight is 556 g/mol. The molecule has 12 heteroatoms. The van der Waals surface area contributed by atoms with Crippen LogP contribution in [0.5, 0.6) is 11.5 Å². The molecule has 0 aliphatic rings. The second kappa shape index (κ2) is 14.6. The quantitative estimate of drug-likeness (QED) is 0.149. The van der Waals surface area contributed by atoms with Gasteiger partial charge >= 0.3 is 24.4 Å². The average Bonchev–Trinajstić information content (AvgIpc) is 2.76. The molecule has 12 nitrogen and oxygen atoms in total. The lowest BCUT2D eigenvalue weighted by Crippen LogP contribution is -2.59. The van der Waals surface area contributed by atoms with E-state index in [0.717, 1.165) is 0 Å². The Kier molecular flexibility index (Phi) is 12.5. The summed E-state index contributed by atoms with van der Waals surface area (Å²) in [6.45, 7) is 15.7. The molecule has 0 saturated heterocycles. The van der Waals surface area contributed by atoms with E-state index < -0.39 is 48.2 Å². The third-order valence-corrected chi connectivity index (χ3v) is 4.43. The molecule has 1 rings (SSSR count). The second-order valence-corrected chi connectivity index (χ2v) is 11.1. The van der Waals surface area contributed by atoms with E-state index in [1.807, 2.05) is 27.7 Å². The molecule has 1 aromatic rings. The van der Waals surface area contributed by atoms with Crippen molar-refractivity contribution in [1.82, 2.24) is 5.32 Å². The van der Waals surface area contributed by atoms with Gasteiger partial charge in [0.1, 0.15) is 5.60 Å². The SMILES string of the molecule is CC(C)COC(=O)Oc1ccc(C[C@](NC(C)C)(OC(=O)OC(C)(C)C)C(=O)O)cc1OC(=O)OCC(C)C. The Morgan fingerprint density at radius 1 is 0.795 bits per heavy atom. The maximum Gasteiger partial charge on any atom is 0.513 e. The van der Waals surface area contributed by atoms with Crippen molar-refractivity contribution in [2.24, 2.45) is 11.8 Å². The van der Waals surface area contributed by atoms with Crippen LogP contribution in [0.3, 0.4) is 0 Å². The van der Waals surface area contributed by atoms with Crippen LogP contribution in [0.15, 0.2) is 18.2 Å². The first kappa shape index (κ1) is 33.5. The van der Waals surface area contributed by atoms with Crippen molar-refractivity contribution in [2.75, 3.05) is 13.2 Å². The van der Waals surface area contributed by atoms with E-state index in [4.69, 9.17) is 28.4 Å². The van der Waals surface area contributed by atoms with Crippen LogP contribution < -0.4 is 14.8 Å². The van der Waals surface area contributed by atoms with Crippen LogP contribution in [-0.2, 0) is 30.2 Å². The number of nitrogens with one attached hydrogen (secondary N) is 1. The summed E-state index contributed by atoms with van der Waals surface area (Å²) in [5.74, 6) is -1.79. The van der Waals surface area contributed by atoms with Crippen molar-refractivity contribution in [3.05, 3.63) is 23.8 Å². The number of carbonyl (C=O) groups excluding carboxylic acids is 3. The lowest BCUT2D eigenvalue weighted by atomic mass is 10.0. The second-order valence-electron chi connectivity index (χ2n) is 11.1. The number of carboxylic acids is 1. The van der Waals surface area contributed by atoms with Crippen molar-refractivity contribution < 1.29 is 52.7 Å². The van der Waals surface area contributed by atoms with Crippen LogP contribution in [0.1, 0.15) is 67.9 Å². The molecule has 0 saturated carbocycles. The van der Waals surface area contributed by atoms with E-state index in [2.05, 4.69) is 5.32 Å². The molecule has 0 amide bonds. The van der Waals surface area contributed by atoms with E-state index in [1.54, 1.807) is 34.6 Å². The first-order valence-corrected chi connectivity index (χ1v) is 12.7. The van der Waals surface area contributed by atoms with Gasteiger partial charge in [0.05, 0.1) is 13.2 Å². The van der Waals surface area contributed by atoms with Crippen LogP contribution >= 0.6 is 0 Å². The molecule has 0 spiro atoms. The minimum atomic E-state index is -2.25. The van der Waals surface area contributed by atoms with E-state index in [1.165, 1.54) is 18.2 Å². The smallest absolute Gasteiger partial charge is 0.477 e. The van der Waals surface area contributed by atoms with Crippen molar-refractivity contribution in [1.29, 1.82) is 0 Å². The Labute approximate surface area is 229 Å². The number of carboxylic acid groups (broad SMARTS) is 1. The summed E-state index contributed by atoms with van der Waals surface area (Å²) in [6.07, 6.45) is -3.68. The Morgan fingerprint density at radius 3 is 1.74 bits per heavy atom. The van der Waals surface area contributed by atoms with Gasteiger partial charge in [-0.3, -0.25) is 5.32 Å². The predicted molar refractivity (Wildman–Crippen MR) is 140 cm³/mol. The van der Waals surface area contributed by atoms with Gasteiger partial charge in [0.25, 0.3) is 5.72 Å². The standard InChI is InChI=1S/C27H41NO11/c1-16(2)14-34-23(31)36-20-11-10-19(12-21(20)37-24(32)35-15-17(3)4)13-27(22(29)30,28-18(5)6)39-25(33)38-26(7,8)9/h10-12,16-18,28H,13-15H2,1-9H3,(H,29,30)/t27-/m0/s1. The topological polar surface area (TPSA) is 156 Å². The van der Waals surface area contributed by atoms with E-state index in [-0.39, 0.29) is 42.1 Å². The number of hydrogen-bond acceptors (Lipinski definition) is 11. The Balaban J connectivity index is 3.40. The molecule has 0 unspecified atom stereocenters. The Morgan fingerprint density at radius 2 is 1.31 bits per heavy atom. The highest BCUT2D eigenvalue weighted by Gasteiger charge is 2.45. The van der Waals surface area contributed by atoms with Crippen LogP contribution in [0.25, 0.3) is 0 Å². The van der Waals surface area contributed by atoms with Gasteiger partial charge in [-0.05, 0) is 64.2 Å². The van der Waals surface area contributed by atoms with Gasteiger partial charge in [0.15, 0.2) is 11.5 Å². The largest absolute Gasteiger partial charge is 0.513 e. The molecule has 0 aliphatic heterocycles. The maximum absolute atomic E-state index is 12.5. The minimum absolute atomic E-state index is 0.0360. The van der Waals surface area contributed by atoms with Gasteiger partial charge in [-0.25, -0.2) is 19.2 Å². The molecule has 0 radical (unpaired) electrons. The molecule has 0 aromatic heterocycles. The van der Waals surface area contributed by atoms with Gasteiger partial charge < -0.3 is 33.5 Å². The monoisotopic (exact) mass is 555 g/mol. The number of hydrogen-bond donors (Lipinski definition) is 2. The summed E-state index contributed by atoms with van der Waals surface area (Å²) in [7, 11) is 0. The summed E-state index contributed by atoms with van der Waals surface area (Å²) in [6, 6.07) is 3.57. The lowest BCUT2D eigenvalue weighted by Gasteiger charge is -2.33. The fraction of sp³-hybridized carbons (Fsp3) is 0.630. The van der Waals surface area contributed by atoms with E-state index >= 15 is 0 Å². The molecule has 0 fully saturated rings. The molecule has 0 aliphatic carbocycles. The van der Waals surface area contributed by atoms with Gasteiger partial charge in [0, 0.05) is 12.5 Å². The minimum Gasteiger partial charge on any atom is -0.477 e. The van der Waals surface area contributed by atoms with E-state index in [0.29, 0.717) is 0 Å². The van der Waals surface area contributed by atoms with Crippen molar-refractivity contribution in [3.8, 4) is 11.5 Å². The fourth-order valence-electron chi connectivity index (χ4n) is 3.00. The van der Waals surface area contributed by atoms with E-state index in [9.17, 15) is 24.3 Å². The zero-order chi connectivity index (χ0) is 30.0. The third-order valence-electron chi connectivity index (χ3n) is 4.43.